The zero-order valence-electron chi connectivity index (χ0n) is 16.2. The molecule has 4 aliphatic rings. The van der Waals surface area contributed by atoms with Crippen molar-refractivity contribution in [2.75, 3.05) is 32.8 Å². The number of hydrogen-bond donors (Lipinski definition) is 3. The van der Waals surface area contributed by atoms with Crippen molar-refractivity contribution in [3.05, 3.63) is 0 Å². The van der Waals surface area contributed by atoms with Gasteiger partial charge in [-0.25, -0.2) is 0 Å². The molecule has 6 nitrogen and oxygen atoms in total. The summed E-state index contributed by atoms with van der Waals surface area (Å²) in [6, 6.07) is 1.03. The molecule has 0 spiro atoms. The largest absolute Gasteiger partial charge is 0.379 e. The molecule has 0 radical (unpaired) electrons. The molecule has 0 aromatic carbocycles. The summed E-state index contributed by atoms with van der Waals surface area (Å²) in [6.07, 6.45) is 8.49. The fraction of sp³-hybridized carbons (Fsp3) is 0.950. The number of morpholine rings is 1. The van der Waals surface area contributed by atoms with Crippen LogP contribution in [0.5, 0.6) is 0 Å². The molecular formula is C20H36N4O2. The second-order valence-corrected chi connectivity index (χ2v) is 8.92. The standard InChI is InChI=1S/C20H36N4O2/c1-14-4-2-5-15-12-17(22-19(14)15)20(25)23-18-7-3-6-16(21-18)13-24-8-10-26-11-9-24/h14-19,21-22H,2-13H2,1H3,(H,23,25). The van der Waals surface area contributed by atoms with Gasteiger partial charge in [-0.15, -0.1) is 0 Å². The van der Waals surface area contributed by atoms with Crippen LogP contribution in [0.15, 0.2) is 0 Å². The maximum atomic E-state index is 12.8. The fourth-order valence-corrected chi connectivity index (χ4v) is 5.52. The SMILES string of the molecule is CC1CCCC2CC(C(=O)NC3CCCC(CN4CCOCC4)N3)NC12. The highest BCUT2D eigenvalue weighted by molar-refractivity contribution is 5.82. The highest BCUT2D eigenvalue weighted by Gasteiger charge is 2.41. The molecule has 0 aromatic heterocycles. The number of carbonyl (C=O) groups is 1. The van der Waals surface area contributed by atoms with Crippen LogP contribution in [0.2, 0.25) is 0 Å². The Balaban J connectivity index is 1.25. The third-order valence-corrected chi connectivity index (χ3v) is 6.98. The van der Waals surface area contributed by atoms with Crippen molar-refractivity contribution in [1.82, 2.24) is 20.9 Å². The van der Waals surface area contributed by atoms with Crippen LogP contribution in [0.4, 0.5) is 0 Å². The molecule has 148 valence electrons. The molecule has 4 fully saturated rings. The van der Waals surface area contributed by atoms with Gasteiger partial charge in [-0.1, -0.05) is 13.3 Å². The molecule has 3 aliphatic heterocycles. The van der Waals surface area contributed by atoms with Crippen molar-refractivity contribution in [3.8, 4) is 0 Å². The van der Waals surface area contributed by atoms with Crippen LogP contribution in [-0.4, -0.2) is 67.9 Å². The summed E-state index contributed by atoms with van der Waals surface area (Å²) in [5.74, 6) is 1.61. The van der Waals surface area contributed by atoms with Gasteiger partial charge in [-0.05, 0) is 50.4 Å². The van der Waals surface area contributed by atoms with Gasteiger partial charge in [-0.3, -0.25) is 15.0 Å². The van der Waals surface area contributed by atoms with Crippen molar-refractivity contribution in [3.63, 3.8) is 0 Å². The average molecular weight is 365 g/mol. The third kappa shape index (κ3) is 4.41. The quantitative estimate of drug-likeness (QED) is 0.696. The van der Waals surface area contributed by atoms with E-state index in [1.54, 1.807) is 0 Å². The summed E-state index contributed by atoms with van der Waals surface area (Å²) in [5, 5.41) is 10.6. The van der Waals surface area contributed by atoms with E-state index in [2.05, 4.69) is 27.8 Å². The Morgan fingerprint density at radius 2 is 1.92 bits per heavy atom. The molecule has 26 heavy (non-hydrogen) atoms. The van der Waals surface area contributed by atoms with Gasteiger partial charge in [0.15, 0.2) is 0 Å². The zero-order valence-corrected chi connectivity index (χ0v) is 16.2. The van der Waals surface area contributed by atoms with Gasteiger partial charge in [0.25, 0.3) is 0 Å². The summed E-state index contributed by atoms with van der Waals surface area (Å²) in [7, 11) is 0. The number of hydrogen-bond acceptors (Lipinski definition) is 5. The van der Waals surface area contributed by atoms with Gasteiger partial charge in [0.1, 0.15) is 0 Å². The number of rotatable bonds is 4. The normalized spacial score (nSPS) is 41.6. The summed E-state index contributed by atoms with van der Waals surface area (Å²) in [4.78, 5) is 15.3. The molecule has 1 amide bonds. The Labute approximate surface area is 157 Å². The summed E-state index contributed by atoms with van der Waals surface area (Å²) >= 11 is 0. The minimum absolute atomic E-state index is 0.00645. The van der Waals surface area contributed by atoms with Crippen LogP contribution in [-0.2, 0) is 9.53 Å². The Morgan fingerprint density at radius 1 is 1.12 bits per heavy atom. The number of ether oxygens (including phenoxy) is 1. The molecule has 1 aliphatic carbocycles. The summed E-state index contributed by atoms with van der Waals surface area (Å²) < 4.78 is 5.44. The Hall–Kier alpha value is -0.690. The number of amides is 1. The highest BCUT2D eigenvalue weighted by atomic mass is 16.5. The summed E-state index contributed by atoms with van der Waals surface area (Å²) in [6.45, 7) is 7.16. The molecule has 6 unspecified atom stereocenters. The predicted molar refractivity (Wildman–Crippen MR) is 102 cm³/mol. The third-order valence-electron chi connectivity index (χ3n) is 6.98. The van der Waals surface area contributed by atoms with Gasteiger partial charge in [-0.2, -0.15) is 0 Å². The monoisotopic (exact) mass is 364 g/mol. The first-order valence-corrected chi connectivity index (χ1v) is 10.8. The molecule has 4 rings (SSSR count). The molecule has 0 bridgehead atoms. The predicted octanol–water partition coefficient (Wildman–Crippen LogP) is 1.07. The lowest BCUT2D eigenvalue weighted by Crippen LogP contribution is -2.58. The number of carbonyl (C=O) groups excluding carboxylic acids is 1. The molecular weight excluding hydrogens is 328 g/mol. The van der Waals surface area contributed by atoms with E-state index in [4.69, 9.17) is 4.74 Å². The Bertz CT molecular complexity index is 482. The molecule has 3 saturated heterocycles. The van der Waals surface area contributed by atoms with Gasteiger partial charge in [0, 0.05) is 31.7 Å². The number of piperidine rings is 1. The molecule has 6 heteroatoms. The van der Waals surface area contributed by atoms with E-state index >= 15 is 0 Å². The number of nitrogens with zero attached hydrogens (tertiary/aromatic N) is 1. The van der Waals surface area contributed by atoms with Gasteiger partial charge < -0.3 is 15.4 Å². The first-order chi connectivity index (χ1) is 12.7. The molecule has 3 N–H and O–H groups in total. The minimum atomic E-state index is 0.00645. The smallest absolute Gasteiger partial charge is 0.238 e. The van der Waals surface area contributed by atoms with Gasteiger partial charge >= 0.3 is 0 Å². The van der Waals surface area contributed by atoms with Crippen molar-refractivity contribution in [2.24, 2.45) is 11.8 Å². The minimum Gasteiger partial charge on any atom is -0.379 e. The molecule has 1 saturated carbocycles. The van der Waals surface area contributed by atoms with Crippen molar-refractivity contribution in [1.29, 1.82) is 0 Å². The Kier molecular flexibility index (Phi) is 6.14. The first kappa shape index (κ1) is 18.7. The van der Waals surface area contributed by atoms with E-state index in [1.807, 2.05) is 0 Å². The van der Waals surface area contributed by atoms with Crippen LogP contribution < -0.4 is 16.0 Å². The van der Waals surface area contributed by atoms with Crippen molar-refractivity contribution in [2.45, 2.75) is 76.2 Å². The van der Waals surface area contributed by atoms with Crippen molar-refractivity contribution < 1.29 is 9.53 Å². The van der Waals surface area contributed by atoms with Crippen LogP contribution in [0.1, 0.15) is 51.9 Å². The zero-order chi connectivity index (χ0) is 17.9. The molecule has 0 aromatic rings. The number of nitrogens with one attached hydrogen (secondary N) is 3. The molecule has 3 heterocycles. The average Bonchev–Trinajstić information content (AvgIpc) is 3.09. The number of fused-ring (bicyclic) bond motifs is 1. The van der Waals surface area contributed by atoms with Crippen molar-refractivity contribution >= 4 is 5.91 Å². The van der Waals surface area contributed by atoms with Crippen LogP contribution >= 0.6 is 0 Å². The van der Waals surface area contributed by atoms with E-state index in [0.717, 1.165) is 45.7 Å². The van der Waals surface area contributed by atoms with E-state index in [0.29, 0.717) is 23.9 Å². The van der Waals surface area contributed by atoms with Gasteiger partial charge in [0.2, 0.25) is 5.91 Å². The van der Waals surface area contributed by atoms with Crippen LogP contribution in [0.3, 0.4) is 0 Å². The molecule has 6 atom stereocenters. The lowest BCUT2D eigenvalue weighted by Gasteiger charge is -2.36. The van der Waals surface area contributed by atoms with Gasteiger partial charge in [0.05, 0.1) is 25.4 Å². The maximum Gasteiger partial charge on any atom is 0.238 e. The topological polar surface area (TPSA) is 65.6 Å². The van der Waals surface area contributed by atoms with Crippen LogP contribution in [0.25, 0.3) is 0 Å². The van der Waals surface area contributed by atoms with E-state index in [-0.39, 0.29) is 18.1 Å². The Morgan fingerprint density at radius 3 is 2.73 bits per heavy atom. The summed E-state index contributed by atoms with van der Waals surface area (Å²) in [5.41, 5.74) is 0. The second kappa shape index (κ2) is 8.55. The maximum absolute atomic E-state index is 12.8. The highest BCUT2D eigenvalue weighted by Crippen LogP contribution is 2.36. The lowest BCUT2D eigenvalue weighted by atomic mass is 9.78. The lowest BCUT2D eigenvalue weighted by molar-refractivity contribution is -0.124. The van der Waals surface area contributed by atoms with E-state index < -0.39 is 0 Å². The van der Waals surface area contributed by atoms with Crippen LogP contribution in [0, 0.1) is 11.8 Å². The second-order valence-electron chi connectivity index (χ2n) is 8.92. The van der Waals surface area contributed by atoms with E-state index in [1.165, 1.54) is 32.1 Å². The fourth-order valence-electron chi connectivity index (χ4n) is 5.52. The van der Waals surface area contributed by atoms with E-state index in [9.17, 15) is 4.79 Å². The first-order valence-electron chi connectivity index (χ1n) is 10.8.